The van der Waals surface area contributed by atoms with Crippen LogP contribution in [0.2, 0.25) is 0 Å². The molecule has 4 rings (SSSR count). The summed E-state index contributed by atoms with van der Waals surface area (Å²) in [5.74, 6) is 2.40. The van der Waals surface area contributed by atoms with Crippen molar-refractivity contribution in [1.29, 1.82) is 0 Å². The third kappa shape index (κ3) is 6.01. The number of aromatic nitrogens is 3. The van der Waals surface area contributed by atoms with Crippen LogP contribution in [0, 0.1) is 0 Å². The number of carbonyl (C=O) groups is 2. The second-order valence-corrected chi connectivity index (χ2v) is 10.5. The van der Waals surface area contributed by atoms with Gasteiger partial charge in [0.15, 0.2) is 28.6 Å². The molecule has 0 saturated carbocycles. The lowest BCUT2D eigenvalue weighted by atomic mass is 10.1. The van der Waals surface area contributed by atoms with Crippen LogP contribution < -0.4 is 14.8 Å². The molecule has 0 spiro atoms. The topological polar surface area (TPSA) is 102 Å². The Labute approximate surface area is 204 Å². The zero-order valence-electron chi connectivity index (χ0n) is 20.1. The molecule has 3 heterocycles. The summed E-state index contributed by atoms with van der Waals surface area (Å²) < 4.78 is 13.7. The molecule has 2 amide bonds. The molecule has 2 aliphatic heterocycles. The van der Waals surface area contributed by atoms with Crippen LogP contribution in [0.3, 0.4) is 0 Å². The van der Waals surface area contributed by atoms with Crippen LogP contribution in [0.15, 0.2) is 29.4 Å². The maximum Gasteiger partial charge on any atom is 0.234 e. The van der Waals surface area contributed by atoms with Gasteiger partial charge in [-0.2, -0.15) is 0 Å². The van der Waals surface area contributed by atoms with Crippen molar-refractivity contribution >= 4 is 23.6 Å². The molecule has 1 unspecified atom stereocenters. The van der Waals surface area contributed by atoms with E-state index >= 15 is 0 Å². The van der Waals surface area contributed by atoms with E-state index in [2.05, 4.69) is 20.4 Å². The first-order valence-corrected chi connectivity index (χ1v) is 12.4. The number of hydrogen-bond donors (Lipinski definition) is 1. The molecule has 1 N–H and O–H groups in total. The standard InChI is InChI=1S/C23H32N6O4S/c1-23(2,3)24-19(30)13-28-9-11-29(12-10-28)20(31)15-34-22-26-25-21(27(22)4)18-14-32-16-7-5-6-8-17(16)33-18/h5-8,18H,9-15H2,1-4H3,(H,24,30). The van der Waals surface area contributed by atoms with Gasteiger partial charge < -0.3 is 24.3 Å². The Morgan fingerprint density at radius 2 is 1.82 bits per heavy atom. The quantitative estimate of drug-likeness (QED) is 0.610. The second-order valence-electron chi connectivity index (χ2n) is 9.51. The Balaban J connectivity index is 1.24. The molecule has 0 radical (unpaired) electrons. The fraction of sp³-hybridized carbons (Fsp3) is 0.565. The summed E-state index contributed by atoms with van der Waals surface area (Å²) in [7, 11) is 1.87. The first kappa shape index (κ1) is 24.3. The Morgan fingerprint density at radius 1 is 1.12 bits per heavy atom. The highest BCUT2D eigenvalue weighted by atomic mass is 32.2. The molecule has 184 valence electrons. The van der Waals surface area contributed by atoms with Gasteiger partial charge in [0.05, 0.1) is 12.3 Å². The van der Waals surface area contributed by atoms with Gasteiger partial charge in [0.2, 0.25) is 11.8 Å². The van der Waals surface area contributed by atoms with Crippen molar-refractivity contribution < 1.29 is 19.1 Å². The fourth-order valence-electron chi connectivity index (χ4n) is 3.91. The summed E-state index contributed by atoms with van der Waals surface area (Å²) in [4.78, 5) is 28.8. The van der Waals surface area contributed by atoms with Crippen LogP contribution >= 0.6 is 11.8 Å². The number of para-hydroxylation sites is 2. The molecule has 10 nitrogen and oxygen atoms in total. The molecular weight excluding hydrogens is 456 g/mol. The molecular formula is C23H32N6O4S. The molecule has 2 aromatic rings. The maximum atomic E-state index is 12.8. The van der Waals surface area contributed by atoms with Crippen molar-refractivity contribution in [3.05, 3.63) is 30.1 Å². The number of fused-ring (bicyclic) bond motifs is 1. The van der Waals surface area contributed by atoms with E-state index in [4.69, 9.17) is 9.47 Å². The van der Waals surface area contributed by atoms with Gasteiger partial charge in [0.25, 0.3) is 0 Å². The first-order chi connectivity index (χ1) is 16.2. The van der Waals surface area contributed by atoms with Crippen LogP contribution in [0.5, 0.6) is 11.5 Å². The zero-order valence-corrected chi connectivity index (χ0v) is 20.9. The number of thioether (sulfide) groups is 1. The molecule has 0 aliphatic carbocycles. The van der Waals surface area contributed by atoms with E-state index in [-0.39, 0.29) is 29.2 Å². The van der Waals surface area contributed by atoms with Crippen molar-refractivity contribution in [3.8, 4) is 11.5 Å². The second kappa shape index (κ2) is 10.2. The average Bonchev–Trinajstić information content (AvgIpc) is 3.16. The third-order valence-corrected chi connectivity index (χ3v) is 6.60. The highest BCUT2D eigenvalue weighted by molar-refractivity contribution is 7.99. The van der Waals surface area contributed by atoms with Crippen molar-refractivity contribution in [2.24, 2.45) is 7.05 Å². The van der Waals surface area contributed by atoms with Crippen LogP contribution in [-0.2, 0) is 16.6 Å². The average molecular weight is 489 g/mol. The van der Waals surface area contributed by atoms with Crippen molar-refractivity contribution in [2.45, 2.75) is 37.6 Å². The van der Waals surface area contributed by atoms with E-state index in [1.807, 2.05) is 61.6 Å². The Hall–Kier alpha value is -2.79. The first-order valence-electron chi connectivity index (χ1n) is 11.4. The van der Waals surface area contributed by atoms with E-state index in [9.17, 15) is 9.59 Å². The molecule has 0 bridgehead atoms. The van der Waals surface area contributed by atoms with Crippen molar-refractivity contribution in [3.63, 3.8) is 0 Å². The van der Waals surface area contributed by atoms with Crippen LogP contribution in [-0.4, -0.2) is 87.0 Å². The molecule has 11 heteroatoms. The van der Waals surface area contributed by atoms with Gasteiger partial charge >= 0.3 is 0 Å². The summed E-state index contributed by atoms with van der Waals surface area (Å²) in [6, 6.07) is 7.54. The number of nitrogens with zero attached hydrogens (tertiary/aromatic N) is 5. The predicted octanol–water partition coefficient (Wildman–Crippen LogP) is 1.48. The minimum atomic E-state index is -0.360. The number of amides is 2. The number of carbonyl (C=O) groups excluding carboxylic acids is 2. The van der Waals surface area contributed by atoms with Crippen molar-refractivity contribution in [1.82, 2.24) is 29.9 Å². The van der Waals surface area contributed by atoms with Crippen LogP contribution in [0.1, 0.15) is 32.7 Å². The molecule has 1 aromatic heterocycles. The lowest BCUT2D eigenvalue weighted by Crippen LogP contribution is -2.53. The minimum absolute atomic E-state index is 0.0109. The third-order valence-electron chi connectivity index (χ3n) is 5.60. The van der Waals surface area contributed by atoms with E-state index in [1.54, 1.807) is 0 Å². The largest absolute Gasteiger partial charge is 0.485 e. The van der Waals surface area contributed by atoms with Crippen LogP contribution in [0.4, 0.5) is 0 Å². The summed E-state index contributed by atoms with van der Waals surface area (Å²) >= 11 is 1.36. The predicted molar refractivity (Wildman–Crippen MR) is 128 cm³/mol. The summed E-state index contributed by atoms with van der Waals surface area (Å²) in [6.45, 7) is 9.19. The molecule has 2 aliphatic rings. The van der Waals surface area contributed by atoms with Gasteiger partial charge in [-0.05, 0) is 32.9 Å². The summed E-state index contributed by atoms with van der Waals surface area (Å²) in [6.07, 6.45) is -0.360. The number of piperazine rings is 1. The maximum absolute atomic E-state index is 12.8. The smallest absolute Gasteiger partial charge is 0.234 e. The Bertz CT molecular complexity index is 1030. The van der Waals surface area contributed by atoms with Gasteiger partial charge in [0, 0.05) is 38.8 Å². The lowest BCUT2D eigenvalue weighted by Gasteiger charge is -2.34. The lowest BCUT2D eigenvalue weighted by molar-refractivity contribution is -0.130. The van der Waals surface area contributed by atoms with Gasteiger partial charge in [-0.1, -0.05) is 23.9 Å². The van der Waals surface area contributed by atoms with Gasteiger partial charge in [0.1, 0.15) is 6.61 Å². The summed E-state index contributed by atoms with van der Waals surface area (Å²) in [5.41, 5.74) is -0.244. The number of ether oxygens (including phenoxy) is 2. The normalized spacial score (nSPS) is 18.6. The highest BCUT2D eigenvalue weighted by Crippen LogP contribution is 2.35. The van der Waals surface area contributed by atoms with E-state index in [0.717, 1.165) is 5.75 Å². The van der Waals surface area contributed by atoms with Gasteiger partial charge in [-0.15, -0.1) is 10.2 Å². The number of rotatable bonds is 6. The van der Waals surface area contributed by atoms with E-state index in [1.165, 1.54) is 11.8 Å². The highest BCUT2D eigenvalue weighted by Gasteiger charge is 2.28. The van der Waals surface area contributed by atoms with Crippen molar-refractivity contribution in [2.75, 3.05) is 45.1 Å². The molecule has 1 saturated heterocycles. The monoisotopic (exact) mass is 488 g/mol. The number of benzene rings is 1. The SMILES string of the molecule is Cn1c(SCC(=O)N2CCN(CC(=O)NC(C)(C)C)CC2)nnc1C1COc2ccccc2O1. The molecule has 1 aromatic carbocycles. The summed E-state index contributed by atoms with van der Waals surface area (Å²) in [5, 5.41) is 12.2. The molecule has 1 atom stereocenters. The zero-order chi connectivity index (χ0) is 24.3. The fourth-order valence-corrected chi connectivity index (χ4v) is 4.73. The molecule has 1 fully saturated rings. The Morgan fingerprint density at radius 3 is 2.53 bits per heavy atom. The molecule has 34 heavy (non-hydrogen) atoms. The van der Waals surface area contributed by atoms with Crippen LogP contribution in [0.25, 0.3) is 0 Å². The number of nitrogens with one attached hydrogen (secondary N) is 1. The Kier molecular flexibility index (Phi) is 7.32. The van der Waals surface area contributed by atoms with Gasteiger partial charge in [-0.25, -0.2) is 0 Å². The van der Waals surface area contributed by atoms with Gasteiger partial charge in [-0.3, -0.25) is 14.5 Å². The van der Waals surface area contributed by atoms with E-state index in [0.29, 0.717) is 56.1 Å². The van der Waals surface area contributed by atoms with E-state index < -0.39 is 0 Å². The number of hydrogen-bond acceptors (Lipinski definition) is 8. The minimum Gasteiger partial charge on any atom is -0.485 e.